The van der Waals surface area contributed by atoms with Crippen LogP contribution in [0.1, 0.15) is 219 Å². The Hall–Kier alpha value is -2.01. The Balaban J connectivity index is 2.38. The summed E-state index contributed by atoms with van der Waals surface area (Å²) in [5, 5.41) is 9.05. The van der Waals surface area contributed by atoms with Crippen LogP contribution >= 0.6 is 21.6 Å². The van der Waals surface area contributed by atoms with Gasteiger partial charge in [-0.05, 0) is 37.1 Å². The maximum absolute atomic E-state index is 13.5. The van der Waals surface area contributed by atoms with Gasteiger partial charge in [0.15, 0.2) is 0 Å². The second kappa shape index (κ2) is 46.1. The molecule has 0 aliphatic heterocycles. The Bertz CT molecular complexity index is 1210. The number of unbranched alkanes of at least 4 members (excludes halogenated alkanes) is 26. The molecule has 1 aromatic carbocycles. The van der Waals surface area contributed by atoms with Gasteiger partial charge in [0, 0.05) is 30.7 Å². The first-order valence-corrected chi connectivity index (χ1v) is 28.8. The zero-order valence-electron chi connectivity index (χ0n) is 41.3. The van der Waals surface area contributed by atoms with E-state index in [-0.39, 0.29) is 36.9 Å². The molecule has 0 aliphatic rings. The number of ether oxygens (including phenoxy) is 3. The summed E-state index contributed by atoms with van der Waals surface area (Å²) >= 11 is 0. The summed E-state index contributed by atoms with van der Waals surface area (Å²) in [6.45, 7) is 9.23. The fourth-order valence-electron chi connectivity index (χ4n) is 7.99. The van der Waals surface area contributed by atoms with Crippen molar-refractivity contribution in [3.05, 3.63) is 42.0 Å². The number of hydrogen-bond donors (Lipinski definition) is 1. The van der Waals surface area contributed by atoms with Crippen LogP contribution in [0.15, 0.2) is 36.4 Å². The lowest BCUT2D eigenvalue weighted by Gasteiger charge is -2.16. The van der Waals surface area contributed by atoms with Crippen LogP contribution < -0.4 is 4.74 Å². The van der Waals surface area contributed by atoms with Gasteiger partial charge < -0.3 is 19.3 Å². The van der Waals surface area contributed by atoms with E-state index in [4.69, 9.17) is 19.3 Å². The summed E-state index contributed by atoms with van der Waals surface area (Å²) in [6.07, 6.45) is 42.3. The highest BCUT2D eigenvalue weighted by Gasteiger charge is 2.20. The number of carbonyl (C=O) groups excluding carboxylic acids is 3. The molecule has 1 rings (SSSR count). The van der Waals surface area contributed by atoms with E-state index < -0.39 is 0 Å². The van der Waals surface area contributed by atoms with Crippen molar-refractivity contribution >= 4 is 39.5 Å². The average Bonchev–Trinajstić information content (AvgIpc) is 3.29. The van der Waals surface area contributed by atoms with Crippen molar-refractivity contribution in [2.24, 2.45) is 5.92 Å². The van der Waals surface area contributed by atoms with Gasteiger partial charge in [-0.25, -0.2) is 4.79 Å². The molecule has 0 aliphatic carbocycles. The van der Waals surface area contributed by atoms with E-state index >= 15 is 0 Å². The summed E-state index contributed by atoms with van der Waals surface area (Å²) in [6, 6.07) is 7.28. The van der Waals surface area contributed by atoms with Gasteiger partial charge >= 0.3 is 17.9 Å². The molecular formula is C54H95NO7S2. The van der Waals surface area contributed by atoms with Gasteiger partial charge in [0.2, 0.25) is 0 Å². The molecule has 0 radical (unpaired) electrons. The van der Waals surface area contributed by atoms with Crippen molar-refractivity contribution in [2.75, 3.05) is 51.0 Å². The number of aliphatic hydroxyl groups excluding tert-OH is 1. The molecule has 8 nitrogen and oxygen atoms in total. The fourth-order valence-corrected chi connectivity index (χ4v) is 9.65. The van der Waals surface area contributed by atoms with E-state index in [1.807, 2.05) is 24.0 Å². The first kappa shape index (κ1) is 60.0. The first-order valence-electron chi connectivity index (χ1n) is 26.3. The van der Waals surface area contributed by atoms with Crippen LogP contribution in [0.25, 0.3) is 0 Å². The Labute approximate surface area is 400 Å². The zero-order valence-corrected chi connectivity index (χ0v) is 42.9. The van der Waals surface area contributed by atoms with Crippen LogP contribution in [0.5, 0.6) is 5.75 Å². The third-order valence-electron chi connectivity index (χ3n) is 12.0. The van der Waals surface area contributed by atoms with Crippen LogP contribution in [0, 0.1) is 5.92 Å². The molecule has 0 bridgehead atoms. The largest absolute Gasteiger partial charge is 0.465 e. The first-order chi connectivity index (χ1) is 31.4. The third kappa shape index (κ3) is 38.1. The molecular weight excluding hydrogens is 839 g/mol. The smallest absolute Gasteiger partial charge is 0.330 e. The number of nitrogens with zero attached hydrogens (tertiary/aromatic N) is 1. The van der Waals surface area contributed by atoms with E-state index in [0.717, 1.165) is 37.8 Å². The Kier molecular flexibility index (Phi) is 43.2. The van der Waals surface area contributed by atoms with Crippen LogP contribution in [0.4, 0.5) is 0 Å². The summed E-state index contributed by atoms with van der Waals surface area (Å²) in [5.74, 6) is 0.954. The standard InChI is InChI=1S/C54H95NO7S2/c1-4-7-9-11-13-15-17-19-21-23-25-27-29-31-34-50(35-32-30-28-26-24-22-20-18-16-14-12-10-8-5-2)54(59)62-51-39-37-49(38-40-51)48-53(58)61-45-47-64-63-46-44-60-52(57)36-33-41-55(6-3)42-43-56/h33,36-40,50,56H,4-32,34-35,41-48H2,1-3H3/b36-33+. The van der Waals surface area contributed by atoms with Crippen molar-refractivity contribution in [3.63, 3.8) is 0 Å². The molecule has 1 N–H and O–H groups in total. The monoisotopic (exact) mass is 934 g/mol. The molecule has 370 valence electrons. The predicted molar refractivity (Wildman–Crippen MR) is 274 cm³/mol. The number of hydrogen-bond acceptors (Lipinski definition) is 10. The van der Waals surface area contributed by atoms with E-state index in [0.29, 0.717) is 43.6 Å². The maximum Gasteiger partial charge on any atom is 0.330 e. The van der Waals surface area contributed by atoms with Gasteiger partial charge in [0.05, 0.1) is 18.9 Å². The van der Waals surface area contributed by atoms with Gasteiger partial charge in [0.1, 0.15) is 19.0 Å². The van der Waals surface area contributed by atoms with Gasteiger partial charge in [-0.15, -0.1) is 0 Å². The lowest BCUT2D eigenvalue weighted by molar-refractivity contribution is -0.142. The Morgan fingerprint density at radius 2 is 1.02 bits per heavy atom. The molecule has 0 saturated heterocycles. The zero-order chi connectivity index (χ0) is 46.4. The number of esters is 3. The second-order valence-electron chi connectivity index (χ2n) is 17.8. The van der Waals surface area contributed by atoms with Gasteiger partial charge in [0.25, 0.3) is 0 Å². The quantitative estimate of drug-likeness (QED) is 0.0223. The van der Waals surface area contributed by atoms with Crippen molar-refractivity contribution < 1.29 is 33.7 Å². The van der Waals surface area contributed by atoms with Crippen LogP contribution in [-0.4, -0.2) is 78.9 Å². The van der Waals surface area contributed by atoms with Gasteiger partial charge in [-0.1, -0.05) is 240 Å². The highest BCUT2D eigenvalue weighted by Crippen LogP contribution is 2.24. The summed E-state index contributed by atoms with van der Waals surface area (Å²) in [4.78, 5) is 39.9. The lowest BCUT2D eigenvalue weighted by Crippen LogP contribution is -2.26. The fraction of sp³-hybridized carbons (Fsp3) is 0.796. The van der Waals surface area contributed by atoms with E-state index in [1.165, 1.54) is 173 Å². The van der Waals surface area contributed by atoms with E-state index in [1.54, 1.807) is 39.8 Å². The number of rotatable bonds is 47. The molecule has 10 heteroatoms. The SMILES string of the molecule is CCCCCCCCCCCCCCCCC(CCCCCCCCCCCCCCCC)C(=O)Oc1ccc(CC(=O)OCCSSCCOC(=O)/C=C/CN(CC)CCO)cc1. The number of aliphatic hydroxyl groups is 1. The normalized spacial score (nSPS) is 11.6. The molecule has 0 spiro atoms. The maximum atomic E-state index is 13.5. The molecule has 0 aromatic heterocycles. The molecule has 1 aromatic rings. The van der Waals surface area contributed by atoms with Crippen molar-refractivity contribution in [2.45, 2.75) is 220 Å². The van der Waals surface area contributed by atoms with Crippen LogP contribution in [0.2, 0.25) is 0 Å². The highest BCUT2D eigenvalue weighted by molar-refractivity contribution is 8.76. The molecule has 0 atom stereocenters. The van der Waals surface area contributed by atoms with E-state index in [2.05, 4.69) is 13.8 Å². The molecule has 0 amide bonds. The van der Waals surface area contributed by atoms with Gasteiger partial charge in [-0.2, -0.15) is 0 Å². The third-order valence-corrected chi connectivity index (χ3v) is 14.4. The molecule has 0 saturated carbocycles. The lowest BCUT2D eigenvalue weighted by atomic mass is 9.94. The molecule has 0 heterocycles. The summed E-state index contributed by atoms with van der Waals surface area (Å²) < 4.78 is 16.6. The van der Waals surface area contributed by atoms with Crippen LogP contribution in [0.3, 0.4) is 0 Å². The minimum Gasteiger partial charge on any atom is -0.465 e. The van der Waals surface area contributed by atoms with Gasteiger partial charge in [-0.3, -0.25) is 14.5 Å². The van der Waals surface area contributed by atoms with E-state index in [9.17, 15) is 14.4 Å². The van der Waals surface area contributed by atoms with Crippen LogP contribution in [-0.2, 0) is 30.3 Å². The van der Waals surface area contributed by atoms with Crippen molar-refractivity contribution in [1.29, 1.82) is 0 Å². The average molecular weight is 934 g/mol. The summed E-state index contributed by atoms with van der Waals surface area (Å²) in [7, 11) is 3.14. The number of carbonyl (C=O) groups is 3. The minimum absolute atomic E-state index is 0.0713. The Morgan fingerprint density at radius 3 is 1.44 bits per heavy atom. The minimum atomic E-state index is -0.374. The topological polar surface area (TPSA) is 102 Å². The number of likely N-dealkylation sites (N-methyl/N-ethyl adjacent to an activating group) is 1. The Morgan fingerprint density at radius 1 is 0.594 bits per heavy atom. The predicted octanol–water partition coefficient (Wildman–Crippen LogP) is 14.8. The van der Waals surface area contributed by atoms with Crippen molar-refractivity contribution in [3.8, 4) is 5.75 Å². The highest BCUT2D eigenvalue weighted by atomic mass is 33.1. The van der Waals surface area contributed by atoms with Crippen molar-refractivity contribution in [1.82, 2.24) is 4.90 Å². The molecule has 64 heavy (non-hydrogen) atoms. The molecule has 0 unspecified atom stereocenters. The number of benzene rings is 1. The second-order valence-corrected chi connectivity index (χ2v) is 20.5. The molecule has 0 fully saturated rings. The summed E-state index contributed by atoms with van der Waals surface area (Å²) in [5.41, 5.74) is 0.819.